The molecule has 0 aromatic heterocycles. The van der Waals surface area contributed by atoms with E-state index in [4.69, 9.17) is 5.73 Å². The third-order valence-corrected chi connectivity index (χ3v) is 3.46. The summed E-state index contributed by atoms with van der Waals surface area (Å²) in [5, 5.41) is 5.03. The highest BCUT2D eigenvalue weighted by Crippen LogP contribution is 2.23. The van der Waals surface area contributed by atoms with Crippen molar-refractivity contribution in [3.63, 3.8) is 0 Å². The van der Waals surface area contributed by atoms with Crippen molar-refractivity contribution in [2.45, 2.75) is 25.7 Å². The second-order valence-electron chi connectivity index (χ2n) is 4.90. The average molecular weight is 261 g/mol. The molecule has 1 aromatic rings. The molecule has 0 spiro atoms. The predicted octanol–water partition coefficient (Wildman–Crippen LogP) is 1.90. The second kappa shape index (κ2) is 6.22. The lowest BCUT2D eigenvalue weighted by Gasteiger charge is -2.11. The number of benzene rings is 1. The maximum atomic E-state index is 11.8. The van der Waals surface area contributed by atoms with E-state index in [0.717, 1.165) is 12.8 Å². The maximum Gasteiger partial charge on any atom is 0.321 e. The molecule has 4 N–H and O–H groups in total. The molecule has 19 heavy (non-hydrogen) atoms. The van der Waals surface area contributed by atoms with Crippen molar-refractivity contribution >= 4 is 17.6 Å². The van der Waals surface area contributed by atoms with E-state index in [1.165, 1.54) is 12.8 Å². The number of anilines is 1. The number of hydrogen-bond donors (Lipinski definition) is 3. The van der Waals surface area contributed by atoms with Gasteiger partial charge in [-0.25, -0.2) is 4.79 Å². The summed E-state index contributed by atoms with van der Waals surface area (Å²) in [4.78, 5) is 23.4. The number of carbonyl (C=O) groups is 2. The highest BCUT2D eigenvalue weighted by atomic mass is 16.2. The summed E-state index contributed by atoms with van der Waals surface area (Å²) >= 11 is 0. The van der Waals surface area contributed by atoms with Crippen molar-refractivity contribution in [2.75, 3.05) is 12.3 Å². The number of rotatable bonds is 3. The van der Waals surface area contributed by atoms with Crippen molar-refractivity contribution in [3.8, 4) is 0 Å². The van der Waals surface area contributed by atoms with Crippen molar-refractivity contribution < 1.29 is 9.59 Å². The Hall–Kier alpha value is -2.04. The molecular weight excluding hydrogens is 242 g/mol. The van der Waals surface area contributed by atoms with Crippen LogP contribution in [0.5, 0.6) is 0 Å². The van der Waals surface area contributed by atoms with E-state index in [1.54, 1.807) is 24.3 Å². The molecule has 1 saturated carbocycles. The number of para-hydroxylation sites is 1. The Kier molecular flexibility index (Phi) is 4.39. The summed E-state index contributed by atoms with van der Waals surface area (Å²) in [6.07, 6.45) is 4.76. The third kappa shape index (κ3) is 3.71. The van der Waals surface area contributed by atoms with E-state index in [-0.39, 0.29) is 0 Å². The molecule has 102 valence electrons. The second-order valence-corrected chi connectivity index (χ2v) is 4.90. The quantitative estimate of drug-likeness (QED) is 0.726. The number of nitrogen functional groups attached to an aromatic ring is 1. The van der Waals surface area contributed by atoms with Gasteiger partial charge in [-0.2, -0.15) is 0 Å². The van der Waals surface area contributed by atoms with Crippen LogP contribution in [0.15, 0.2) is 24.3 Å². The first-order valence-corrected chi connectivity index (χ1v) is 6.60. The Morgan fingerprint density at radius 3 is 2.58 bits per heavy atom. The zero-order valence-electron chi connectivity index (χ0n) is 10.8. The Balaban J connectivity index is 1.81. The molecule has 1 fully saturated rings. The molecule has 0 aliphatic heterocycles. The van der Waals surface area contributed by atoms with Crippen LogP contribution in [-0.2, 0) is 0 Å². The minimum absolute atomic E-state index is 0.318. The van der Waals surface area contributed by atoms with Crippen LogP contribution in [0.2, 0.25) is 0 Å². The summed E-state index contributed by atoms with van der Waals surface area (Å²) in [5.41, 5.74) is 6.36. The molecular formula is C14H19N3O2. The number of imide groups is 1. The highest BCUT2D eigenvalue weighted by Gasteiger charge is 2.17. The number of urea groups is 1. The van der Waals surface area contributed by atoms with Crippen molar-refractivity contribution in [3.05, 3.63) is 29.8 Å². The van der Waals surface area contributed by atoms with Crippen LogP contribution in [0.3, 0.4) is 0 Å². The molecule has 0 atom stereocenters. The first-order chi connectivity index (χ1) is 9.16. The Morgan fingerprint density at radius 1 is 1.21 bits per heavy atom. The number of nitrogens with one attached hydrogen (secondary N) is 2. The van der Waals surface area contributed by atoms with Gasteiger partial charge in [-0.05, 0) is 30.9 Å². The van der Waals surface area contributed by atoms with Crippen molar-refractivity contribution in [2.24, 2.45) is 5.92 Å². The minimum atomic E-state index is -0.470. The molecule has 3 amide bonds. The number of carbonyl (C=O) groups excluding carboxylic acids is 2. The molecule has 0 heterocycles. The summed E-state index contributed by atoms with van der Waals surface area (Å²) < 4.78 is 0. The lowest BCUT2D eigenvalue weighted by Crippen LogP contribution is -2.41. The molecule has 0 unspecified atom stereocenters. The summed E-state index contributed by atoms with van der Waals surface area (Å²) in [6, 6.07) is 6.22. The fourth-order valence-electron chi connectivity index (χ4n) is 2.37. The largest absolute Gasteiger partial charge is 0.398 e. The summed E-state index contributed by atoms with van der Waals surface area (Å²) in [6.45, 7) is 0.628. The molecule has 0 bridgehead atoms. The number of hydrogen-bond acceptors (Lipinski definition) is 3. The molecule has 1 aliphatic carbocycles. The smallest absolute Gasteiger partial charge is 0.321 e. The first kappa shape index (κ1) is 13.4. The predicted molar refractivity (Wildman–Crippen MR) is 73.7 cm³/mol. The van der Waals surface area contributed by atoms with Crippen LogP contribution in [0, 0.1) is 5.92 Å². The Bertz CT molecular complexity index is 468. The van der Waals surface area contributed by atoms with Crippen LogP contribution in [0.1, 0.15) is 36.0 Å². The maximum absolute atomic E-state index is 11.8. The number of nitrogens with two attached hydrogens (primary N) is 1. The Morgan fingerprint density at radius 2 is 1.89 bits per heavy atom. The molecule has 5 nitrogen and oxygen atoms in total. The van der Waals surface area contributed by atoms with Gasteiger partial charge in [0.15, 0.2) is 0 Å². The van der Waals surface area contributed by atoms with E-state index in [0.29, 0.717) is 23.7 Å². The standard InChI is InChI=1S/C14H19N3O2/c15-12-8-4-3-7-11(12)13(18)17-14(19)16-9-10-5-1-2-6-10/h3-4,7-8,10H,1-2,5-6,9,15H2,(H2,16,17,18,19). The lowest BCUT2D eigenvalue weighted by molar-refractivity contribution is 0.0964. The zero-order chi connectivity index (χ0) is 13.7. The van der Waals surface area contributed by atoms with Gasteiger partial charge in [0, 0.05) is 12.2 Å². The first-order valence-electron chi connectivity index (χ1n) is 6.60. The van der Waals surface area contributed by atoms with Gasteiger partial charge in [0.05, 0.1) is 5.56 Å². The van der Waals surface area contributed by atoms with Crippen LogP contribution < -0.4 is 16.4 Å². The minimum Gasteiger partial charge on any atom is -0.398 e. The fourth-order valence-corrected chi connectivity index (χ4v) is 2.37. The van der Waals surface area contributed by atoms with Gasteiger partial charge in [0.1, 0.15) is 0 Å². The van der Waals surface area contributed by atoms with Gasteiger partial charge >= 0.3 is 6.03 Å². The van der Waals surface area contributed by atoms with E-state index in [1.807, 2.05) is 0 Å². The van der Waals surface area contributed by atoms with Gasteiger partial charge in [-0.1, -0.05) is 25.0 Å². The van der Waals surface area contributed by atoms with Gasteiger partial charge in [-0.3, -0.25) is 10.1 Å². The van der Waals surface area contributed by atoms with Gasteiger partial charge < -0.3 is 11.1 Å². The van der Waals surface area contributed by atoms with E-state index in [9.17, 15) is 9.59 Å². The van der Waals surface area contributed by atoms with E-state index < -0.39 is 11.9 Å². The molecule has 1 aliphatic rings. The van der Waals surface area contributed by atoms with Gasteiger partial charge in [0.2, 0.25) is 0 Å². The average Bonchev–Trinajstić information content (AvgIpc) is 2.90. The molecule has 0 saturated heterocycles. The lowest BCUT2D eigenvalue weighted by atomic mass is 10.1. The zero-order valence-corrected chi connectivity index (χ0v) is 10.8. The Labute approximate surface area is 112 Å². The van der Waals surface area contributed by atoms with Crippen LogP contribution in [0.4, 0.5) is 10.5 Å². The molecule has 0 radical (unpaired) electrons. The monoisotopic (exact) mass is 261 g/mol. The highest BCUT2D eigenvalue weighted by molar-refractivity contribution is 6.07. The van der Waals surface area contributed by atoms with Crippen LogP contribution in [-0.4, -0.2) is 18.5 Å². The topological polar surface area (TPSA) is 84.2 Å². The third-order valence-electron chi connectivity index (χ3n) is 3.46. The molecule has 2 rings (SSSR count). The number of amides is 3. The molecule has 5 heteroatoms. The van der Waals surface area contributed by atoms with Crippen LogP contribution >= 0.6 is 0 Å². The van der Waals surface area contributed by atoms with Gasteiger partial charge in [0.25, 0.3) is 5.91 Å². The van der Waals surface area contributed by atoms with Crippen molar-refractivity contribution in [1.29, 1.82) is 0 Å². The van der Waals surface area contributed by atoms with Gasteiger partial charge in [-0.15, -0.1) is 0 Å². The van der Waals surface area contributed by atoms with Crippen molar-refractivity contribution in [1.82, 2.24) is 10.6 Å². The summed E-state index contributed by atoms with van der Waals surface area (Å²) in [7, 11) is 0. The summed E-state index contributed by atoms with van der Waals surface area (Å²) in [5.74, 6) is 0.0738. The normalized spacial score (nSPS) is 15.2. The SMILES string of the molecule is Nc1ccccc1C(=O)NC(=O)NCC1CCCC1. The van der Waals surface area contributed by atoms with E-state index in [2.05, 4.69) is 10.6 Å². The fraction of sp³-hybridized carbons (Fsp3) is 0.429. The van der Waals surface area contributed by atoms with E-state index >= 15 is 0 Å². The molecule has 1 aromatic carbocycles. The van der Waals surface area contributed by atoms with Crippen LogP contribution in [0.25, 0.3) is 0 Å².